The monoisotopic (exact) mass is 1060 g/mol. The number of thiazole rings is 1. The Morgan fingerprint density at radius 3 is 2.17 bits per heavy atom. The number of nitriles is 1. The molecule has 0 aliphatic heterocycles. The van der Waals surface area contributed by atoms with Gasteiger partial charge in [-0.2, -0.15) is 30.5 Å². The summed E-state index contributed by atoms with van der Waals surface area (Å²) >= 11 is 1.06. The third-order valence-electron chi connectivity index (χ3n) is 10.4. The van der Waals surface area contributed by atoms with Gasteiger partial charge in [-0.25, -0.2) is 15.2 Å². The van der Waals surface area contributed by atoms with Crippen LogP contribution in [-0.2, 0) is 39.7 Å². The Morgan fingerprint density at radius 2 is 1.46 bits per heavy atom. The zero-order chi connectivity index (χ0) is 51.2. The molecule has 0 bridgehead atoms. The molecule has 3 aromatic heterocycles. The van der Waals surface area contributed by atoms with Crippen LogP contribution in [0.1, 0.15) is 28.7 Å². The van der Waals surface area contributed by atoms with E-state index in [1.165, 1.54) is 42.5 Å². The van der Waals surface area contributed by atoms with E-state index in [2.05, 4.69) is 50.0 Å². The van der Waals surface area contributed by atoms with E-state index < -0.39 is 64.0 Å². The summed E-state index contributed by atoms with van der Waals surface area (Å²) in [6.07, 6.45) is -0.192. The van der Waals surface area contributed by atoms with Crippen LogP contribution >= 0.6 is 23.4 Å². The number of ether oxygens (including phenoxy) is 1. The van der Waals surface area contributed by atoms with Gasteiger partial charge in [0.05, 0.1) is 56.2 Å². The number of imidazole rings is 1. The molecule has 8 aromatic rings. The van der Waals surface area contributed by atoms with E-state index in [-0.39, 0.29) is 106 Å². The van der Waals surface area contributed by atoms with Gasteiger partial charge in [-0.1, -0.05) is 34.6 Å². The highest BCUT2D eigenvalue weighted by Crippen LogP contribution is 2.49. The van der Waals surface area contributed by atoms with E-state index in [1.54, 1.807) is 37.3 Å². The highest BCUT2D eigenvalue weighted by atomic mass is 32.2. The van der Waals surface area contributed by atoms with Gasteiger partial charge in [-0.3, -0.25) is 18.1 Å². The predicted octanol–water partition coefficient (Wildman–Crippen LogP) is 10.3. The maximum atomic E-state index is 13.1. The summed E-state index contributed by atoms with van der Waals surface area (Å²) in [6.45, 7) is 4.26. The first kappa shape index (κ1) is 50.2. The zero-order valence-electron chi connectivity index (χ0n) is 36.3. The first-order chi connectivity index (χ1) is 33.6. The number of rotatable bonds is 16. The van der Waals surface area contributed by atoms with Crippen LogP contribution in [0.5, 0.6) is 17.4 Å². The van der Waals surface area contributed by atoms with Crippen LogP contribution in [0.3, 0.4) is 0 Å². The maximum absolute atomic E-state index is 13.1. The minimum absolute atomic E-state index is 0.0115. The smallest absolute Gasteiger partial charge is 0.297 e. The fourth-order valence-corrected chi connectivity index (χ4v) is 11.2. The summed E-state index contributed by atoms with van der Waals surface area (Å²) < 4.78 is 115. The van der Waals surface area contributed by atoms with Crippen LogP contribution in [0.15, 0.2) is 112 Å². The number of benzene rings is 5. The Morgan fingerprint density at radius 1 is 0.761 bits per heavy atom. The van der Waals surface area contributed by atoms with E-state index in [0.29, 0.717) is 16.6 Å². The van der Waals surface area contributed by atoms with Crippen molar-refractivity contribution >= 4 is 125 Å². The Hall–Kier alpha value is -7.15. The van der Waals surface area contributed by atoms with Gasteiger partial charge in [-0.15, -0.1) is 35.0 Å². The van der Waals surface area contributed by atoms with Gasteiger partial charge in [0.1, 0.15) is 44.2 Å². The summed E-state index contributed by atoms with van der Waals surface area (Å²) in [7, 11) is -14.2. The summed E-state index contributed by atoms with van der Waals surface area (Å²) in [6, 6.07) is 17.9. The van der Waals surface area contributed by atoms with Crippen molar-refractivity contribution in [2.75, 3.05) is 12.4 Å². The second-order valence-electron chi connectivity index (χ2n) is 15.1. The number of azo groups is 3. The van der Waals surface area contributed by atoms with Crippen molar-refractivity contribution in [2.45, 2.75) is 41.9 Å². The minimum Gasteiger partial charge on any atom is -0.505 e. The van der Waals surface area contributed by atoms with Gasteiger partial charge >= 0.3 is 0 Å². The molecule has 6 N–H and O–H groups in total. The molecular formula is C41H32N10O15S5. The van der Waals surface area contributed by atoms with Gasteiger partial charge in [0.2, 0.25) is 11.0 Å². The lowest BCUT2D eigenvalue weighted by atomic mass is 10.1. The van der Waals surface area contributed by atoms with Gasteiger partial charge < -0.3 is 14.9 Å². The van der Waals surface area contributed by atoms with Crippen LogP contribution in [0.2, 0.25) is 0 Å². The summed E-state index contributed by atoms with van der Waals surface area (Å²) in [5.41, 5.74) is 0.978. The van der Waals surface area contributed by atoms with Crippen molar-refractivity contribution in [3.05, 3.63) is 89.0 Å². The fraction of sp³-hybridized carbons (Fsp3) is 0.146. The Kier molecular flexibility index (Phi) is 13.8. The molecule has 0 aliphatic rings. The van der Waals surface area contributed by atoms with Crippen molar-refractivity contribution in [1.82, 2.24) is 14.4 Å². The van der Waals surface area contributed by atoms with E-state index in [9.17, 15) is 54.4 Å². The number of aryl methyl sites for hydroxylation is 2. The number of phenols is 1. The average molecular weight is 1070 g/mol. The second kappa shape index (κ2) is 19.6. The molecule has 366 valence electrons. The number of aromatic nitrogens is 3. The molecule has 25 nitrogen and oxygen atoms in total. The Balaban J connectivity index is 1.21. The number of pyridine rings is 1. The third kappa shape index (κ3) is 10.2. The summed E-state index contributed by atoms with van der Waals surface area (Å²) in [4.78, 5) is 7.24. The Labute approximate surface area is 408 Å². The summed E-state index contributed by atoms with van der Waals surface area (Å²) in [5.74, 6) is -2.00. The molecule has 0 saturated heterocycles. The standard InChI is InChI=1S/C41H32N10O15S5/c1-19-9-11-26-36(37(19)70(58,59)60)67-41(44-26)50-46-28-17-31(64-13-6-14-69(55,56)57)29(15-20(28)2)47-49-34-32(68-66-65-54)16-23-22(35(34)52)10-12-27(38(23)71(61,62)63)45-48-33-21(3)24(18-42)39-43-25-7-4-5-8-30(25)51(39)40(33)53/h4-5,7-12,15-17,52-54H,6,13-14H2,1-3H3,(H,55,56,57)(H,58,59,60)(H,61,62,63). The molecule has 0 aliphatic carbocycles. The number of hydrogen-bond donors (Lipinski definition) is 6. The molecule has 71 heavy (non-hydrogen) atoms. The fourth-order valence-electron chi connectivity index (χ4n) is 7.27. The minimum atomic E-state index is -5.25. The average Bonchev–Trinajstić information content (AvgIpc) is 3.89. The van der Waals surface area contributed by atoms with Crippen molar-refractivity contribution in [3.63, 3.8) is 0 Å². The molecule has 0 spiro atoms. The SMILES string of the molecule is Cc1cc(N=Nc2c(SOOO)cc3c(S(=O)(=O)O)c(N=Nc4c(C)c(C#N)c5nc6ccccc6n5c4O)ccc3c2O)c(OCCCS(=O)(=O)O)cc1N=Nc1nc2ccc(C)c(S(=O)(=O)O)c2s1. The molecule has 8 rings (SSSR count). The molecule has 0 saturated carbocycles. The predicted molar refractivity (Wildman–Crippen MR) is 254 cm³/mol. The molecular weight excluding hydrogens is 1030 g/mol. The van der Waals surface area contributed by atoms with Crippen LogP contribution in [-0.4, -0.2) is 81.1 Å². The number of hydrogen-bond acceptors (Lipinski definition) is 23. The molecule has 0 fully saturated rings. The van der Waals surface area contributed by atoms with Crippen LogP contribution in [0, 0.1) is 32.1 Å². The molecule has 30 heteroatoms. The number of phenolic OH excluding ortho intramolecular Hbond substituents is 1. The lowest BCUT2D eigenvalue weighted by Crippen LogP contribution is -2.08. The molecule has 0 unspecified atom stereocenters. The molecule has 0 radical (unpaired) electrons. The zero-order valence-corrected chi connectivity index (χ0v) is 40.4. The van der Waals surface area contributed by atoms with Gasteiger partial charge in [0.25, 0.3) is 30.4 Å². The van der Waals surface area contributed by atoms with Gasteiger partial charge in [-0.05, 0) is 80.8 Å². The quantitative estimate of drug-likeness (QED) is 0.0131. The topological polar surface area (TPSA) is 380 Å². The highest BCUT2D eigenvalue weighted by Gasteiger charge is 2.27. The van der Waals surface area contributed by atoms with Gasteiger partial charge in [0, 0.05) is 22.4 Å². The number of para-hydroxylation sites is 2. The lowest BCUT2D eigenvalue weighted by molar-refractivity contribution is -0.432. The first-order valence-electron chi connectivity index (χ1n) is 19.9. The first-order valence-corrected chi connectivity index (χ1v) is 26.0. The highest BCUT2D eigenvalue weighted by molar-refractivity contribution is 7.94. The van der Waals surface area contributed by atoms with Crippen molar-refractivity contribution < 1.29 is 68.5 Å². The molecule has 3 heterocycles. The second-order valence-corrected chi connectivity index (χ2v) is 21.1. The molecule has 5 aromatic carbocycles. The largest absolute Gasteiger partial charge is 0.505 e. The van der Waals surface area contributed by atoms with Crippen LogP contribution < -0.4 is 4.74 Å². The normalized spacial score (nSPS) is 12.8. The van der Waals surface area contributed by atoms with E-state index in [4.69, 9.17) is 9.99 Å². The van der Waals surface area contributed by atoms with Gasteiger partial charge in [0.15, 0.2) is 17.1 Å². The summed E-state index contributed by atoms with van der Waals surface area (Å²) in [5, 5.41) is 70.3. The molecule has 0 amide bonds. The van der Waals surface area contributed by atoms with Crippen LogP contribution in [0.25, 0.3) is 37.7 Å². The van der Waals surface area contributed by atoms with E-state index >= 15 is 0 Å². The number of fused-ring (bicyclic) bond motifs is 5. The van der Waals surface area contributed by atoms with E-state index in [0.717, 1.165) is 23.5 Å². The molecule has 0 atom stereocenters. The van der Waals surface area contributed by atoms with Crippen molar-refractivity contribution in [3.8, 4) is 23.4 Å². The van der Waals surface area contributed by atoms with Crippen molar-refractivity contribution in [2.24, 2.45) is 30.7 Å². The van der Waals surface area contributed by atoms with Crippen LogP contribution in [0.4, 0.5) is 33.6 Å². The number of aromatic hydroxyl groups is 2. The number of nitrogens with zero attached hydrogens (tertiary/aromatic N) is 10. The Bertz CT molecular complexity index is 4000. The van der Waals surface area contributed by atoms with E-state index in [1.807, 2.05) is 6.07 Å². The maximum Gasteiger partial charge on any atom is 0.297 e. The third-order valence-corrected chi connectivity index (χ3v) is 14.9. The van der Waals surface area contributed by atoms with Crippen molar-refractivity contribution in [1.29, 1.82) is 5.26 Å². The lowest BCUT2D eigenvalue weighted by Gasteiger charge is -2.13.